The number of hydrogen-bond donors (Lipinski definition) is 4. The lowest BCUT2D eigenvalue weighted by atomic mass is 9.95. The summed E-state index contributed by atoms with van der Waals surface area (Å²) in [6.45, 7) is 9.50. The molecule has 3 atom stereocenters. The second-order valence-electron chi connectivity index (χ2n) is 10.1. The molecular weight excluding hydrogens is 462 g/mol. The zero-order valence-corrected chi connectivity index (χ0v) is 22.0. The number of nitrogens with one attached hydrogen (secondary N) is 2. The number of piperidine rings is 1. The van der Waals surface area contributed by atoms with Crippen molar-refractivity contribution >= 4 is 23.1 Å². The van der Waals surface area contributed by atoms with Crippen LogP contribution in [0.15, 0.2) is 17.2 Å². The van der Waals surface area contributed by atoms with Crippen LogP contribution in [-0.2, 0) is 4.79 Å². The van der Waals surface area contributed by atoms with E-state index in [0.29, 0.717) is 24.0 Å². The summed E-state index contributed by atoms with van der Waals surface area (Å²) in [5, 5.41) is 15.6. The Morgan fingerprint density at radius 2 is 1.91 bits per heavy atom. The summed E-state index contributed by atoms with van der Waals surface area (Å²) in [5.41, 5.74) is 2.38. The van der Waals surface area contributed by atoms with Crippen LogP contribution in [0.4, 0.5) is 0 Å². The molecule has 2 aromatic rings. The molecule has 2 unspecified atom stereocenters. The van der Waals surface area contributed by atoms with Crippen molar-refractivity contribution in [3.8, 4) is 0 Å². The average molecular weight is 502 g/mol. The van der Waals surface area contributed by atoms with Crippen LogP contribution in [-0.4, -0.2) is 50.0 Å². The highest BCUT2D eigenvalue weighted by atomic mass is 32.1. The smallest absolute Gasteiger partial charge is 0.228 e. The number of hydrogen-bond acceptors (Lipinski definition) is 8. The Hall–Kier alpha value is -2.50. The predicted octanol–water partition coefficient (Wildman–Crippen LogP) is 2.62. The predicted molar refractivity (Wildman–Crippen MR) is 139 cm³/mol. The number of nitrogens with zero attached hydrogens (tertiary/aromatic N) is 5. The van der Waals surface area contributed by atoms with Gasteiger partial charge in [0, 0.05) is 40.3 Å². The van der Waals surface area contributed by atoms with Crippen LogP contribution in [0.5, 0.6) is 0 Å². The molecule has 11 heteroatoms. The van der Waals surface area contributed by atoms with Gasteiger partial charge in [0.15, 0.2) is 0 Å². The first-order valence-corrected chi connectivity index (χ1v) is 13.4. The summed E-state index contributed by atoms with van der Waals surface area (Å²) in [4.78, 5) is 17.8. The molecule has 0 spiro atoms. The summed E-state index contributed by atoms with van der Waals surface area (Å²) in [6, 6.07) is 5.75. The minimum absolute atomic E-state index is 0.0287. The van der Waals surface area contributed by atoms with Gasteiger partial charge in [0.05, 0.1) is 12.5 Å². The van der Waals surface area contributed by atoms with Crippen molar-refractivity contribution in [1.29, 1.82) is 0 Å². The Balaban J connectivity index is 1.43. The number of carbonyl (C=O) groups is 1. The van der Waals surface area contributed by atoms with E-state index in [1.165, 1.54) is 22.6 Å². The van der Waals surface area contributed by atoms with E-state index in [0.717, 1.165) is 37.5 Å². The number of nitrogens with two attached hydrogens (primary N) is 2. The van der Waals surface area contributed by atoms with Gasteiger partial charge in [-0.2, -0.15) is 5.10 Å². The second kappa shape index (κ2) is 11.0. The zero-order valence-electron chi connectivity index (χ0n) is 21.2. The van der Waals surface area contributed by atoms with E-state index in [2.05, 4.69) is 75.3 Å². The third-order valence-electron chi connectivity index (χ3n) is 7.40. The molecule has 2 fully saturated rings. The minimum Gasteiger partial charge on any atom is -0.348 e. The molecule has 2 bridgehead atoms. The van der Waals surface area contributed by atoms with Crippen LogP contribution in [0.1, 0.15) is 91.8 Å². The minimum atomic E-state index is -0.144. The van der Waals surface area contributed by atoms with Gasteiger partial charge in [-0.3, -0.25) is 9.69 Å². The Bertz CT molecular complexity index is 1030. The van der Waals surface area contributed by atoms with E-state index in [-0.39, 0.29) is 24.2 Å². The fraction of sp³-hybridized carbons (Fsp3) is 0.667. The van der Waals surface area contributed by atoms with E-state index in [1.807, 2.05) is 0 Å². The van der Waals surface area contributed by atoms with Crippen LogP contribution in [0.25, 0.3) is 0 Å². The standard InChI is InChI=1S/C24H39N9OS/c1-14(2)24-31-30-16(4)33(24)19-11-17-6-7-18(12-19)32(17)10-9-20(21-8-5-15(3)35-21)27-23(34)13-22(28-25)29-26/h5,8,14,17-20H,6-7,9-13,25-26H2,1-4H3,(H,27,34)(H,28,29)/t17?,18?,19?,20-/m0/s1. The van der Waals surface area contributed by atoms with Crippen LogP contribution in [0.3, 0.4) is 0 Å². The number of hydrazone groups is 1. The summed E-state index contributed by atoms with van der Waals surface area (Å²) in [5.74, 6) is 13.3. The first kappa shape index (κ1) is 25.6. The number of thiophene rings is 1. The van der Waals surface area contributed by atoms with Crippen molar-refractivity contribution in [1.82, 2.24) is 30.4 Å². The van der Waals surface area contributed by atoms with Crippen LogP contribution < -0.4 is 22.4 Å². The maximum Gasteiger partial charge on any atom is 0.228 e. The van der Waals surface area contributed by atoms with Crippen molar-refractivity contribution in [2.75, 3.05) is 6.54 Å². The van der Waals surface area contributed by atoms with Gasteiger partial charge in [-0.15, -0.1) is 21.5 Å². The third-order valence-corrected chi connectivity index (χ3v) is 8.51. The lowest BCUT2D eigenvalue weighted by Gasteiger charge is -2.40. The molecule has 35 heavy (non-hydrogen) atoms. The van der Waals surface area contributed by atoms with E-state index in [1.54, 1.807) is 11.3 Å². The van der Waals surface area contributed by atoms with E-state index in [4.69, 9.17) is 11.7 Å². The third kappa shape index (κ3) is 5.68. The van der Waals surface area contributed by atoms with Crippen molar-refractivity contribution in [3.05, 3.63) is 33.5 Å². The molecule has 2 aliphatic heterocycles. The van der Waals surface area contributed by atoms with Gasteiger partial charge in [0.1, 0.15) is 17.5 Å². The van der Waals surface area contributed by atoms with Crippen molar-refractivity contribution in [2.45, 2.75) is 96.3 Å². The van der Waals surface area contributed by atoms with Gasteiger partial charge >= 0.3 is 0 Å². The number of amides is 1. The molecule has 0 aromatic carbocycles. The quantitative estimate of drug-likeness (QED) is 0.179. The number of aromatic nitrogens is 3. The number of hydrazine groups is 1. The lowest BCUT2D eigenvalue weighted by molar-refractivity contribution is -0.120. The molecule has 2 saturated heterocycles. The summed E-state index contributed by atoms with van der Waals surface area (Å²) < 4.78 is 2.40. The average Bonchev–Trinajstić information content (AvgIpc) is 3.50. The molecule has 192 valence electrons. The van der Waals surface area contributed by atoms with Gasteiger partial charge in [0.25, 0.3) is 0 Å². The van der Waals surface area contributed by atoms with Gasteiger partial charge in [-0.05, 0) is 58.1 Å². The molecule has 2 aromatic heterocycles. The molecule has 4 heterocycles. The van der Waals surface area contributed by atoms with Crippen molar-refractivity contribution < 1.29 is 4.79 Å². The molecule has 10 nitrogen and oxygen atoms in total. The van der Waals surface area contributed by atoms with E-state index >= 15 is 0 Å². The molecular formula is C24H39N9OS. The fourth-order valence-electron chi connectivity index (χ4n) is 5.79. The van der Waals surface area contributed by atoms with Gasteiger partial charge in [0.2, 0.25) is 5.91 Å². The van der Waals surface area contributed by atoms with Gasteiger partial charge in [-0.25, -0.2) is 5.84 Å². The van der Waals surface area contributed by atoms with Crippen molar-refractivity contribution in [3.63, 3.8) is 0 Å². The number of carbonyl (C=O) groups excluding carboxylic acids is 1. The Kier molecular flexibility index (Phi) is 8.08. The molecule has 0 aliphatic carbocycles. The molecule has 2 aliphatic rings. The lowest BCUT2D eigenvalue weighted by Crippen LogP contribution is -2.45. The second-order valence-corrected chi connectivity index (χ2v) is 11.5. The zero-order chi connectivity index (χ0) is 25.1. The number of aryl methyl sites for hydroxylation is 2. The topological polar surface area (TPSA) is 139 Å². The molecule has 0 radical (unpaired) electrons. The van der Waals surface area contributed by atoms with Crippen LogP contribution >= 0.6 is 11.3 Å². The highest BCUT2D eigenvalue weighted by Crippen LogP contribution is 2.42. The monoisotopic (exact) mass is 501 g/mol. The first-order valence-electron chi connectivity index (χ1n) is 12.6. The van der Waals surface area contributed by atoms with Gasteiger partial charge in [-0.1, -0.05) is 13.8 Å². The summed E-state index contributed by atoms with van der Waals surface area (Å²) in [6.07, 6.45) is 5.60. The van der Waals surface area contributed by atoms with Crippen molar-refractivity contribution in [2.24, 2.45) is 16.8 Å². The SMILES string of the molecule is Cc1ccc([C@H](CCN2C3CCC2CC(n2c(C)nnc2C(C)C)C3)NC(=O)C/C(=N/N)NN)s1. The Labute approximate surface area is 211 Å². The number of rotatable bonds is 9. The maximum absolute atomic E-state index is 12.7. The summed E-state index contributed by atoms with van der Waals surface area (Å²) >= 11 is 1.73. The number of amidine groups is 1. The fourth-order valence-corrected chi connectivity index (χ4v) is 6.75. The normalized spacial score (nSPS) is 23.6. The summed E-state index contributed by atoms with van der Waals surface area (Å²) in [7, 11) is 0. The largest absolute Gasteiger partial charge is 0.348 e. The first-order chi connectivity index (χ1) is 16.8. The molecule has 1 amide bonds. The van der Waals surface area contributed by atoms with Crippen LogP contribution in [0.2, 0.25) is 0 Å². The molecule has 0 saturated carbocycles. The Morgan fingerprint density at radius 1 is 1.20 bits per heavy atom. The molecule has 4 rings (SSSR count). The Morgan fingerprint density at radius 3 is 2.49 bits per heavy atom. The van der Waals surface area contributed by atoms with E-state index < -0.39 is 0 Å². The maximum atomic E-state index is 12.7. The van der Waals surface area contributed by atoms with E-state index in [9.17, 15) is 4.79 Å². The highest BCUT2D eigenvalue weighted by Gasteiger charge is 2.42. The van der Waals surface area contributed by atoms with Gasteiger partial charge < -0.3 is 21.2 Å². The molecule has 6 N–H and O–H groups in total. The van der Waals surface area contributed by atoms with Crippen LogP contribution in [0, 0.1) is 13.8 Å². The highest BCUT2D eigenvalue weighted by molar-refractivity contribution is 7.12. The number of fused-ring (bicyclic) bond motifs is 2.